The molecule has 2 N–H and O–H groups in total. The van der Waals surface area contributed by atoms with Gasteiger partial charge in [0.2, 0.25) is 0 Å². The molecule has 1 rings (SSSR count). The van der Waals surface area contributed by atoms with E-state index in [-0.39, 0.29) is 17.8 Å². The highest BCUT2D eigenvalue weighted by molar-refractivity contribution is 5.74. The van der Waals surface area contributed by atoms with E-state index < -0.39 is 23.8 Å². The summed E-state index contributed by atoms with van der Waals surface area (Å²) >= 11 is 0. The fraction of sp³-hybridized carbons (Fsp3) is 0.833. The second kappa shape index (κ2) is 4.44. The van der Waals surface area contributed by atoms with Crippen LogP contribution in [0.15, 0.2) is 0 Å². The van der Waals surface area contributed by atoms with Crippen LogP contribution >= 0.6 is 0 Å². The quantitative estimate of drug-likeness (QED) is 0.760. The molecule has 0 heterocycles. The summed E-state index contributed by atoms with van der Waals surface area (Å²) in [4.78, 5) is 22.0. The molecular formula is C12H20O4. The molecule has 0 aromatic rings. The number of carbonyl (C=O) groups is 2. The van der Waals surface area contributed by atoms with E-state index in [9.17, 15) is 9.59 Å². The molecule has 1 saturated carbocycles. The van der Waals surface area contributed by atoms with Gasteiger partial charge in [0.15, 0.2) is 0 Å². The van der Waals surface area contributed by atoms with E-state index >= 15 is 0 Å². The van der Waals surface area contributed by atoms with Crippen LogP contribution in [-0.4, -0.2) is 22.2 Å². The second-order valence-corrected chi connectivity index (χ2v) is 5.84. The molecule has 0 radical (unpaired) electrons. The van der Waals surface area contributed by atoms with Gasteiger partial charge in [0.1, 0.15) is 0 Å². The molecule has 0 aliphatic heterocycles. The fourth-order valence-corrected chi connectivity index (χ4v) is 2.43. The minimum atomic E-state index is -0.861. The van der Waals surface area contributed by atoms with Crippen LogP contribution in [0.5, 0.6) is 0 Å². The van der Waals surface area contributed by atoms with Crippen LogP contribution in [0.25, 0.3) is 0 Å². The van der Waals surface area contributed by atoms with Gasteiger partial charge < -0.3 is 10.2 Å². The standard InChI is InChI=1S/C12H20O4/c1-12(2,3)9-5-7(10(13)14)4-8(6-9)11(15)16/h7-9H,4-6H2,1-3H3,(H,13,14)(H,15,16)/t7-,8-/m0/s1. The summed E-state index contributed by atoms with van der Waals surface area (Å²) in [5, 5.41) is 18.1. The maximum atomic E-state index is 11.0. The van der Waals surface area contributed by atoms with E-state index in [1.54, 1.807) is 0 Å². The van der Waals surface area contributed by atoms with Crippen LogP contribution in [-0.2, 0) is 9.59 Å². The van der Waals surface area contributed by atoms with Crippen molar-refractivity contribution >= 4 is 11.9 Å². The second-order valence-electron chi connectivity index (χ2n) is 5.84. The van der Waals surface area contributed by atoms with Crippen molar-refractivity contribution in [2.24, 2.45) is 23.2 Å². The Bertz CT molecular complexity index is 268. The van der Waals surface area contributed by atoms with Crippen LogP contribution in [0.3, 0.4) is 0 Å². The topological polar surface area (TPSA) is 74.6 Å². The van der Waals surface area contributed by atoms with Crippen molar-refractivity contribution in [3.05, 3.63) is 0 Å². The number of aliphatic carboxylic acids is 2. The highest BCUT2D eigenvalue weighted by Crippen LogP contribution is 2.42. The molecule has 0 unspecified atom stereocenters. The van der Waals surface area contributed by atoms with E-state index in [1.807, 2.05) is 20.8 Å². The van der Waals surface area contributed by atoms with Gasteiger partial charge >= 0.3 is 11.9 Å². The van der Waals surface area contributed by atoms with Gasteiger partial charge in [-0.1, -0.05) is 20.8 Å². The predicted molar refractivity (Wildman–Crippen MR) is 59.0 cm³/mol. The zero-order valence-corrected chi connectivity index (χ0v) is 10.1. The number of hydrogen-bond acceptors (Lipinski definition) is 2. The SMILES string of the molecule is CC(C)(C)C1C[C@@H](C(=O)O)C[C@H](C(=O)O)C1. The fourth-order valence-electron chi connectivity index (χ4n) is 2.43. The predicted octanol–water partition coefficient (Wildman–Crippen LogP) is 2.23. The van der Waals surface area contributed by atoms with E-state index in [1.165, 1.54) is 0 Å². The summed E-state index contributed by atoms with van der Waals surface area (Å²) in [7, 11) is 0. The lowest BCUT2D eigenvalue weighted by atomic mass is 9.66. The van der Waals surface area contributed by atoms with Crippen LogP contribution in [0.4, 0.5) is 0 Å². The van der Waals surface area contributed by atoms with E-state index in [4.69, 9.17) is 10.2 Å². The monoisotopic (exact) mass is 228 g/mol. The van der Waals surface area contributed by atoms with Gasteiger partial charge in [-0.3, -0.25) is 9.59 Å². The molecular weight excluding hydrogens is 208 g/mol. The van der Waals surface area contributed by atoms with Gasteiger partial charge in [-0.15, -0.1) is 0 Å². The Morgan fingerprint density at radius 3 is 1.56 bits per heavy atom. The molecule has 0 aromatic carbocycles. The molecule has 92 valence electrons. The minimum absolute atomic E-state index is 0.0260. The van der Waals surface area contributed by atoms with E-state index in [0.717, 1.165) is 0 Å². The van der Waals surface area contributed by atoms with Crippen molar-refractivity contribution in [1.29, 1.82) is 0 Å². The summed E-state index contributed by atoms with van der Waals surface area (Å²) in [5.74, 6) is -2.55. The Hall–Kier alpha value is -1.06. The average molecular weight is 228 g/mol. The first-order chi connectivity index (χ1) is 7.21. The normalized spacial score (nSPS) is 31.1. The Morgan fingerprint density at radius 1 is 0.938 bits per heavy atom. The van der Waals surface area contributed by atoms with Crippen LogP contribution in [0.2, 0.25) is 0 Å². The Labute approximate surface area is 95.7 Å². The first-order valence-corrected chi connectivity index (χ1v) is 5.67. The van der Waals surface area contributed by atoms with Gasteiger partial charge in [0, 0.05) is 0 Å². The highest BCUT2D eigenvalue weighted by atomic mass is 16.4. The number of carboxylic acid groups (broad SMARTS) is 2. The Morgan fingerprint density at radius 2 is 1.31 bits per heavy atom. The minimum Gasteiger partial charge on any atom is -0.481 e. The lowest BCUT2D eigenvalue weighted by molar-refractivity contribution is -0.150. The van der Waals surface area contributed by atoms with Crippen molar-refractivity contribution in [1.82, 2.24) is 0 Å². The van der Waals surface area contributed by atoms with Crippen LogP contribution < -0.4 is 0 Å². The molecule has 0 saturated heterocycles. The maximum Gasteiger partial charge on any atom is 0.306 e. The zero-order valence-electron chi connectivity index (χ0n) is 10.1. The van der Waals surface area contributed by atoms with Gasteiger partial charge in [-0.05, 0) is 30.6 Å². The highest BCUT2D eigenvalue weighted by Gasteiger charge is 2.40. The number of rotatable bonds is 2. The third kappa shape index (κ3) is 2.97. The van der Waals surface area contributed by atoms with E-state index in [0.29, 0.717) is 12.8 Å². The van der Waals surface area contributed by atoms with Crippen molar-refractivity contribution in [3.8, 4) is 0 Å². The van der Waals surface area contributed by atoms with Crippen LogP contribution in [0.1, 0.15) is 40.0 Å². The molecule has 0 spiro atoms. The smallest absolute Gasteiger partial charge is 0.306 e. The summed E-state index contributed by atoms with van der Waals surface area (Å²) in [5.41, 5.74) is -0.0260. The first-order valence-electron chi connectivity index (χ1n) is 5.67. The van der Waals surface area contributed by atoms with Gasteiger partial charge in [0.25, 0.3) is 0 Å². The van der Waals surface area contributed by atoms with Crippen LogP contribution in [0, 0.1) is 23.2 Å². The summed E-state index contributed by atoms with van der Waals surface area (Å²) < 4.78 is 0. The third-order valence-corrected chi connectivity index (χ3v) is 3.63. The van der Waals surface area contributed by atoms with Crippen molar-refractivity contribution < 1.29 is 19.8 Å². The van der Waals surface area contributed by atoms with Gasteiger partial charge in [0.05, 0.1) is 11.8 Å². The lowest BCUT2D eigenvalue weighted by Crippen LogP contribution is -2.36. The molecule has 1 fully saturated rings. The summed E-state index contributed by atoms with van der Waals surface area (Å²) in [6.45, 7) is 6.13. The third-order valence-electron chi connectivity index (χ3n) is 3.63. The van der Waals surface area contributed by atoms with Crippen molar-refractivity contribution in [2.45, 2.75) is 40.0 Å². The number of carboxylic acids is 2. The Balaban J connectivity index is 2.82. The lowest BCUT2D eigenvalue weighted by Gasteiger charge is -2.38. The van der Waals surface area contributed by atoms with Gasteiger partial charge in [-0.25, -0.2) is 0 Å². The molecule has 1 aliphatic rings. The van der Waals surface area contributed by atoms with Crippen molar-refractivity contribution in [2.75, 3.05) is 0 Å². The van der Waals surface area contributed by atoms with Gasteiger partial charge in [-0.2, -0.15) is 0 Å². The summed E-state index contributed by atoms with van der Waals surface area (Å²) in [6.07, 6.45) is 1.47. The molecule has 2 atom stereocenters. The number of hydrogen-bond donors (Lipinski definition) is 2. The molecule has 0 bridgehead atoms. The first kappa shape index (κ1) is 13.0. The Kier molecular flexibility index (Phi) is 3.61. The maximum absolute atomic E-state index is 11.0. The molecule has 4 nitrogen and oxygen atoms in total. The molecule has 1 aliphatic carbocycles. The average Bonchev–Trinajstić information content (AvgIpc) is 2.15. The van der Waals surface area contributed by atoms with Crippen molar-refractivity contribution in [3.63, 3.8) is 0 Å². The van der Waals surface area contributed by atoms with E-state index in [2.05, 4.69) is 0 Å². The summed E-state index contributed by atoms with van der Waals surface area (Å²) in [6, 6.07) is 0. The zero-order chi connectivity index (χ0) is 12.5. The molecule has 16 heavy (non-hydrogen) atoms. The molecule has 4 heteroatoms. The molecule has 0 amide bonds. The molecule has 0 aromatic heterocycles. The largest absolute Gasteiger partial charge is 0.481 e.